The zero-order valence-electron chi connectivity index (χ0n) is 13.2. The lowest BCUT2D eigenvalue weighted by Crippen LogP contribution is -2.40. The summed E-state index contributed by atoms with van der Waals surface area (Å²) in [5, 5.41) is 6.74. The fourth-order valence-corrected chi connectivity index (χ4v) is 3.31. The fourth-order valence-electron chi connectivity index (χ4n) is 2.39. The van der Waals surface area contributed by atoms with E-state index in [1.54, 1.807) is 0 Å². The molecular formula is C15H26N4OS. The van der Waals surface area contributed by atoms with E-state index >= 15 is 0 Å². The summed E-state index contributed by atoms with van der Waals surface area (Å²) in [6.45, 7) is 6.98. The highest BCUT2D eigenvalue weighted by molar-refractivity contribution is 8.00. The number of hydrogen-bond donors (Lipinski definition) is 2. The van der Waals surface area contributed by atoms with Crippen LogP contribution in [0.2, 0.25) is 0 Å². The van der Waals surface area contributed by atoms with Gasteiger partial charge in [-0.1, -0.05) is 6.42 Å². The van der Waals surface area contributed by atoms with Crippen molar-refractivity contribution in [3.63, 3.8) is 0 Å². The van der Waals surface area contributed by atoms with Crippen molar-refractivity contribution in [2.75, 3.05) is 36.6 Å². The lowest BCUT2D eigenvalue weighted by atomic mass is 9.84. The molecule has 0 amide bonds. The molecule has 1 heterocycles. The predicted octanol–water partition coefficient (Wildman–Crippen LogP) is 3.14. The first-order valence-corrected chi connectivity index (χ1v) is 8.92. The lowest BCUT2D eigenvalue weighted by molar-refractivity contribution is 0.128. The van der Waals surface area contributed by atoms with Crippen molar-refractivity contribution < 1.29 is 4.74 Å². The standard InChI is InChI=1S/C15H26N4OS/c1-4-16-12-9-13(19-14(18-12)10-20-5-2)17-11-15(21-3)7-6-8-15/h9H,4-8,10-11H2,1-3H3,(H2,16,17,18,19). The highest BCUT2D eigenvalue weighted by Crippen LogP contribution is 2.42. The number of ether oxygens (including phenoxy) is 1. The van der Waals surface area contributed by atoms with Crippen molar-refractivity contribution >= 4 is 23.4 Å². The third-order valence-electron chi connectivity index (χ3n) is 3.86. The summed E-state index contributed by atoms with van der Waals surface area (Å²) in [5.74, 6) is 2.47. The van der Waals surface area contributed by atoms with Gasteiger partial charge in [-0.15, -0.1) is 0 Å². The molecule has 0 atom stereocenters. The van der Waals surface area contributed by atoms with E-state index in [0.29, 0.717) is 18.0 Å². The molecule has 0 aromatic carbocycles. The van der Waals surface area contributed by atoms with Crippen LogP contribution in [0.4, 0.5) is 11.6 Å². The second-order valence-electron chi connectivity index (χ2n) is 5.32. The van der Waals surface area contributed by atoms with Crippen LogP contribution in [0, 0.1) is 0 Å². The summed E-state index contributed by atoms with van der Waals surface area (Å²) >= 11 is 1.96. The Morgan fingerprint density at radius 3 is 2.48 bits per heavy atom. The van der Waals surface area contributed by atoms with Crippen molar-refractivity contribution in [2.24, 2.45) is 0 Å². The maximum atomic E-state index is 5.42. The molecule has 1 saturated carbocycles. The summed E-state index contributed by atoms with van der Waals surface area (Å²) in [6.07, 6.45) is 6.12. The van der Waals surface area contributed by atoms with E-state index in [4.69, 9.17) is 4.74 Å². The highest BCUT2D eigenvalue weighted by Gasteiger charge is 2.35. The van der Waals surface area contributed by atoms with Crippen LogP contribution in [0.15, 0.2) is 6.07 Å². The minimum Gasteiger partial charge on any atom is -0.374 e. The number of nitrogens with zero attached hydrogens (tertiary/aromatic N) is 2. The van der Waals surface area contributed by atoms with Gasteiger partial charge in [-0.25, -0.2) is 9.97 Å². The number of hydrogen-bond acceptors (Lipinski definition) is 6. The quantitative estimate of drug-likeness (QED) is 0.731. The van der Waals surface area contributed by atoms with Gasteiger partial charge in [0.1, 0.15) is 18.2 Å². The molecule has 2 N–H and O–H groups in total. The molecule has 0 spiro atoms. The van der Waals surface area contributed by atoms with E-state index in [1.165, 1.54) is 19.3 Å². The van der Waals surface area contributed by atoms with E-state index in [-0.39, 0.29) is 0 Å². The second-order valence-corrected chi connectivity index (χ2v) is 6.59. The molecule has 0 radical (unpaired) electrons. The van der Waals surface area contributed by atoms with Gasteiger partial charge in [0, 0.05) is 30.5 Å². The van der Waals surface area contributed by atoms with Gasteiger partial charge < -0.3 is 15.4 Å². The van der Waals surface area contributed by atoms with Crippen LogP contribution in [-0.4, -0.2) is 40.7 Å². The van der Waals surface area contributed by atoms with Crippen LogP contribution in [0.25, 0.3) is 0 Å². The SMILES string of the molecule is CCNc1cc(NCC2(SC)CCC2)nc(COCC)n1. The van der Waals surface area contributed by atoms with Gasteiger partial charge in [-0.2, -0.15) is 11.8 Å². The highest BCUT2D eigenvalue weighted by atomic mass is 32.2. The van der Waals surface area contributed by atoms with E-state index in [2.05, 4.69) is 33.8 Å². The Hall–Kier alpha value is -1.01. The third-order valence-corrected chi connectivity index (χ3v) is 5.27. The van der Waals surface area contributed by atoms with Crippen molar-refractivity contribution in [1.29, 1.82) is 0 Å². The molecule has 1 aromatic rings. The molecule has 2 rings (SSSR count). The van der Waals surface area contributed by atoms with Gasteiger partial charge in [-0.05, 0) is 32.9 Å². The molecular weight excluding hydrogens is 284 g/mol. The molecule has 5 nitrogen and oxygen atoms in total. The first-order chi connectivity index (χ1) is 10.2. The molecule has 1 fully saturated rings. The van der Waals surface area contributed by atoms with E-state index in [9.17, 15) is 0 Å². The molecule has 1 aliphatic carbocycles. The first kappa shape index (κ1) is 16.4. The second kappa shape index (κ2) is 7.84. The van der Waals surface area contributed by atoms with Gasteiger partial charge in [0.05, 0.1) is 0 Å². The number of anilines is 2. The smallest absolute Gasteiger partial charge is 0.158 e. The topological polar surface area (TPSA) is 59.1 Å². The first-order valence-electron chi connectivity index (χ1n) is 7.70. The number of nitrogens with one attached hydrogen (secondary N) is 2. The number of aromatic nitrogens is 2. The minimum atomic E-state index is 0.392. The molecule has 0 unspecified atom stereocenters. The summed E-state index contributed by atoms with van der Waals surface area (Å²) in [6, 6.07) is 1.98. The molecule has 21 heavy (non-hydrogen) atoms. The van der Waals surface area contributed by atoms with Crippen LogP contribution in [0.5, 0.6) is 0 Å². The van der Waals surface area contributed by atoms with Crippen molar-refractivity contribution in [3.8, 4) is 0 Å². The third kappa shape index (κ3) is 4.48. The monoisotopic (exact) mass is 310 g/mol. The normalized spacial score (nSPS) is 16.3. The Kier molecular flexibility index (Phi) is 6.11. The van der Waals surface area contributed by atoms with Crippen molar-refractivity contribution in [1.82, 2.24) is 9.97 Å². The molecule has 0 saturated heterocycles. The van der Waals surface area contributed by atoms with Crippen LogP contribution in [0.3, 0.4) is 0 Å². The zero-order valence-corrected chi connectivity index (χ0v) is 14.1. The Morgan fingerprint density at radius 1 is 1.24 bits per heavy atom. The van der Waals surface area contributed by atoms with E-state index in [0.717, 1.165) is 30.5 Å². The van der Waals surface area contributed by atoms with E-state index in [1.807, 2.05) is 24.8 Å². The zero-order chi connectivity index (χ0) is 15.1. The molecule has 0 bridgehead atoms. The number of thioether (sulfide) groups is 1. The van der Waals surface area contributed by atoms with Gasteiger partial charge >= 0.3 is 0 Å². The Morgan fingerprint density at radius 2 is 1.95 bits per heavy atom. The Labute approximate surface area is 131 Å². The van der Waals surface area contributed by atoms with E-state index < -0.39 is 0 Å². The van der Waals surface area contributed by atoms with Gasteiger partial charge in [0.15, 0.2) is 5.82 Å². The molecule has 6 heteroatoms. The van der Waals surface area contributed by atoms with Crippen molar-refractivity contribution in [2.45, 2.75) is 44.5 Å². The molecule has 1 aliphatic rings. The minimum absolute atomic E-state index is 0.392. The largest absolute Gasteiger partial charge is 0.374 e. The average molecular weight is 310 g/mol. The summed E-state index contributed by atoms with van der Waals surface area (Å²) in [7, 11) is 0. The summed E-state index contributed by atoms with van der Waals surface area (Å²) in [5.41, 5.74) is 0. The number of rotatable bonds is 9. The van der Waals surface area contributed by atoms with Gasteiger partial charge in [-0.3, -0.25) is 0 Å². The maximum absolute atomic E-state index is 5.42. The lowest BCUT2D eigenvalue weighted by Gasteiger charge is -2.40. The molecule has 1 aromatic heterocycles. The fraction of sp³-hybridized carbons (Fsp3) is 0.733. The van der Waals surface area contributed by atoms with Crippen LogP contribution in [-0.2, 0) is 11.3 Å². The molecule has 0 aliphatic heterocycles. The van der Waals surface area contributed by atoms with Gasteiger partial charge in [0.2, 0.25) is 0 Å². The van der Waals surface area contributed by atoms with Gasteiger partial charge in [0.25, 0.3) is 0 Å². The summed E-state index contributed by atoms with van der Waals surface area (Å²) in [4.78, 5) is 9.02. The summed E-state index contributed by atoms with van der Waals surface area (Å²) < 4.78 is 5.81. The Bertz CT molecular complexity index is 446. The van der Waals surface area contributed by atoms with Crippen LogP contribution in [0.1, 0.15) is 38.9 Å². The van der Waals surface area contributed by atoms with Crippen molar-refractivity contribution in [3.05, 3.63) is 11.9 Å². The van der Waals surface area contributed by atoms with Crippen LogP contribution < -0.4 is 10.6 Å². The predicted molar refractivity (Wildman–Crippen MR) is 90.1 cm³/mol. The maximum Gasteiger partial charge on any atom is 0.158 e. The van der Waals surface area contributed by atoms with Crippen LogP contribution >= 0.6 is 11.8 Å². The Balaban J connectivity index is 2.03. The average Bonchev–Trinajstić information content (AvgIpc) is 2.45. The molecule has 118 valence electrons.